The number of nitrogens with two attached hydrogens (primary N) is 1. The van der Waals surface area contributed by atoms with Gasteiger partial charge in [0.1, 0.15) is 0 Å². The Hall–Kier alpha value is 0.520. The maximum Gasteiger partial charge on any atom is 0.0556 e. The fourth-order valence-corrected chi connectivity index (χ4v) is 2.07. The van der Waals surface area contributed by atoms with Gasteiger partial charge in [0.05, 0.1) is 9.50 Å². The molecule has 2 N–H and O–H groups in total. The number of rotatable bonds is 0. The van der Waals surface area contributed by atoms with Crippen LogP contribution in [0.3, 0.4) is 0 Å². The molecule has 1 aromatic carbocycles. The topological polar surface area (TPSA) is 26.0 Å². The monoisotopic (exact) mass is 345 g/mol. The van der Waals surface area contributed by atoms with Crippen LogP contribution in [0.4, 0.5) is 5.69 Å². The predicted octanol–water partition coefficient (Wildman–Crippen LogP) is 3.60. The molecule has 0 saturated carbocycles. The van der Waals surface area contributed by atoms with Crippen molar-refractivity contribution >= 4 is 55.8 Å². The molecule has 11 heavy (non-hydrogen) atoms. The summed E-state index contributed by atoms with van der Waals surface area (Å²) in [6.45, 7) is 1.93. The normalized spacial score (nSPS) is 10.2. The molecule has 0 aromatic heterocycles. The van der Waals surface area contributed by atoms with Crippen LogP contribution in [0.1, 0.15) is 5.56 Å². The Balaban J connectivity index is 3.46. The van der Waals surface area contributed by atoms with Gasteiger partial charge in [-0.05, 0) is 57.1 Å². The number of benzene rings is 1. The van der Waals surface area contributed by atoms with Crippen LogP contribution in [0.2, 0.25) is 5.02 Å². The van der Waals surface area contributed by atoms with Gasteiger partial charge in [-0.15, -0.1) is 0 Å². The Bertz CT molecular complexity index is 275. The van der Waals surface area contributed by atoms with Gasteiger partial charge in [-0.2, -0.15) is 0 Å². The van der Waals surface area contributed by atoms with Crippen molar-refractivity contribution in [3.05, 3.63) is 24.7 Å². The second-order valence-electron chi connectivity index (χ2n) is 2.22. The average Bonchev–Trinajstić information content (AvgIpc) is 1.97. The molecular formula is C7H6BrClIN. The molecule has 0 saturated heterocycles. The molecule has 0 heterocycles. The third-order valence-corrected chi connectivity index (χ3v) is 4.71. The number of halogens is 3. The maximum atomic E-state index is 5.90. The highest BCUT2D eigenvalue weighted by molar-refractivity contribution is 14.1. The van der Waals surface area contributed by atoms with Crippen LogP contribution in [0.25, 0.3) is 0 Å². The number of aryl methyl sites for hydroxylation is 1. The minimum Gasteiger partial charge on any atom is -0.398 e. The molecule has 0 bridgehead atoms. The molecule has 0 aliphatic heterocycles. The van der Waals surface area contributed by atoms with Crippen LogP contribution >= 0.6 is 50.1 Å². The SMILES string of the molecule is Cc1cc(Cl)c(I)c(Br)c1N. The molecule has 1 rings (SSSR count). The lowest BCUT2D eigenvalue weighted by atomic mass is 10.2. The van der Waals surface area contributed by atoms with E-state index >= 15 is 0 Å². The van der Waals surface area contributed by atoms with Crippen LogP contribution in [0.5, 0.6) is 0 Å². The van der Waals surface area contributed by atoms with Gasteiger partial charge >= 0.3 is 0 Å². The summed E-state index contributed by atoms with van der Waals surface area (Å²) < 4.78 is 1.86. The van der Waals surface area contributed by atoms with Gasteiger partial charge in [-0.25, -0.2) is 0 Å². The summed E-state index contributed by atoms with van der Waals surface area (Å²) in [7, 11) is 0. The van der Waals surface area contributed by atoms with E-state index in [0.717, 1.165) is 24.3 Å². The third-order valence-electron chi connectivity index (χ3n) is 1.41. The summed E-state index contributed by atoms with van der Waals surface area (Å²) in [5.41, 5.74) is 7.51. The highest BCUT2D eigenvalue weighted by Gasteiger charge is 2.07. The lowest BCUT2D eigenvalue weighted by Gasteiger charge is -2.06. The first-order valence-electron chi connectivity index (χ1n) is 2.93. The molecule has 0 fully saturated rings. The Morgan fingerprint density at radius 2 is 2.18 bits per heavy atom. The number of nitrogen functional groups attached to an aromatic ring is 1. The molecule has 0 radical (unpaired) electrons. The minimum atomic E-state index is 0.740. The van der Waals surface area contributed by atoms with Gasteiger partial charge in [0.15, 0.2) is 0 Å². The van der Waals surface area contributed by atoms with E-state index in [1.807, 2.05) is 13.0 Å². The third kappa shape index (κ3) is 1.81. The van der Waals surface area contributed by atoms with Crippen LogP contribution in [0, 0.1) is 10.5 Å². The van der Waals surface area contributed by atoms with Gasteiger partial charge < -0.3 is 5.73 Å². The van der Waals surface area contributed by atoms with E-state index in [1.165, 1.54) is 0 Å². The van der Waals surface area contributed by atoms with Crippen molar-refractivity contribution in [1.82, 2.24) is 0 Å². The van der Waals surface area contributed by atoms with Crippen LogP contribution in [-0.2, 0) is 0 Å². The lowest BCUT2D eigenvalue weighted by Crippen LogP contribution is -1.93. The fourth-order valence-electron chi connectivity index (χ4n) is 0.727. The molecule has 0 spiro atoms. The van der Waals surface area contributed by atoms with Crippen molar-refractivity contribution in [2.75, 3.05) is 5.73 Å². The van der Waals surface area contributed by atoms with Gasteiger partial charge in [-0.1, -0.05) is 11.6 Å². The molecule has 0 unspecified atom stereocenters. The Labute approximate surface area is 92.6 Å². The summed E-state index contributed by atoms with van der Waals surface area (Å²) in [4.78, 5) is 0. The highest BCUT2D eigenvalue weighted by atomic mass is 127. The van der Waals surface area contributed by atoms with Crippen LogP contribution in [0.15, 0.2) is 10.5 Å². The predicted molar refractivity (Wildman–Crippen MR) is 61.0 cm³/mol. The summed E-state index contributed by atoms with van der Waals surface area (Å²) in [5, 5.41) is 0.740. The smallest absolute Gasteiger partial charge is 0.0556 e. The first-order chi connectivity index (χ1) is 5.04. The number of hydrogen-bond donors (Lipinski definition) is 1. The second kappa shape index (κ2) is 3.49. The van der Waals surface area contributed by atoms with Crippen molar-refractivity contribution in [2.24, 2.45) is 0 Å². The molecule has 1 nitrogen and oxygen atoms in total. The highest BCUT2D eigenvalue weighted by Crippen LogP contribution is 2.33. The van der Waals surface area contributed by atoms with Crippen molar-refractivity contribution in [3.63, 3.8) is 0 Å². The summed E-state index contributed by atoms with van der Waals surface area (Å²) in [6, 6.07) is 1.86. The zero-order chi connectivity index (χ0) is 8.59. The van der Waals surface area contributed by atoms with E-state index in [4.69, 9.17) is 17.3 Å². The first kappa shape index (κ1) is 9.61. The number of hydrogen-bond acceptors (Lipinski definition) is 1. The van der Waals surface area contributed by atoms with Gasteiger partial charge in [0, 0.05) is 9.26 Å². The standard InChI is InChI=1S/C7H6BrClIN/c1-3-2-4(9)6(10)5(8)7(3)11/h2H,11H2,1H3. The Morgan fingerprint density at radius 3 is 2.73 bits per heavy atom. The zero-order valence-electron chi connectivity index (χ0n) is 5.79. The Morgan fingerprint density at radius 1 is 1.64 bits per heavy atom. The van der Waals surface area contributed by atoms with Gasteiger partial charge in [-0.3, -0.25) is 0 Å². The van der Waals surface area contributed by atoms with E-state index in [1.54, 1.807) is 0 Å². The van der Waals surface area contributed by atoms with E-state index in [2.05, 4.69) is 38.5 Å². The average molecular weight is 346 g/mol. The van der Waals surface area contributed by atoms with Crippen LogP contribution < -0.4 is 5.73 Å². The first-order valence-corrected chi connectivity index (χ1v) is 5.18. The molecule has 1 aromatic rings. The molecule has 4 heteroatoms. The van der Waals surface area contributed by atoms with E-state index in [9.17, 15) is 0 Å². The quantitative estimate of drug-likeness (QED) is 0.434. The summed E-state index contributed by atoms with van der Waals surface area (Å²) in [5.74, 6) is 0. The molecular weight excluding hydrogens is 340 g/mol. The van der Waals surface area contributed by atoms with Crippen LogP contribution in [-0.4, -0.2) is 0 Å². The van der Waals surface area contributed by atoms with Gasteiger partial charge in [0.2, 0.25) is 0 Å². The fraction of sp³-hybridized carbons (Fsp3) is 0.143. The maximum absolute atomic E-state index is 5.90. The number of anilines is 1. The molecule has 0 aliphatic rings. The lowest BCUT2D eigenvalue weighted by molar-refractivity contribution is 1.43. The summed E-state index contributed by atoms with van der Waals surface area (Å²) in [6.07, 6.45) is 0. The van der Waals surface area contributed by atoms with E-state index in [-0.39, 0.29) is 0 Å². The molecule has 0 amide bonds. The zero-order valence-corrected chi connectivity index (χ0v) is 10.3. The Kier molecular flexibility index (Phi) is 3.05. The van der Waals surface area contributed by atoms with E-state index in [0.29, 0.717) is 0 Å². The largest absolute Gasteiger partial charge is 0.398 e. The summed E-state index contributed by atoms with van der Waals surface area (Å²) >= 11 is 11.4. The second-order valence-corrected chi connectivity index (χ2v) is 4.50. The van der Waals surface area contributed by atoms with Crippen molar-refractivity contribution < 1.29 is 0 Å². The van der Waals surface area contributed by atoms with Crippen molar-refractivity contribution in [2.45, 2.75) is 6.92 Å². The molecule has 0 atom stereocenters. The van der Waals surface area contributed by atoms with E-state index < -0.39 is 0 Å². The minimum absolute atomic E-state index is 0.740. The molecule has 60 valence electrons. The molecule has 0 aliphatic carbocycles. The van der Waals surface area contributed by atoms with Crippen molar-refractivity contribution in [3.8, 4) is 0 Å². The van der Waals surface area contributed by atoms with Gasteiger partial charge in [0.25, 0.3) is 0 Å². The van der Waals surface area contributed by atoms with Crippen molar-refractivity contribution in [1.29, 1.82) is 0 Å².